The number of aldehydes is 1. The van der Waals surface area contributed by atoms with Gasteiger partial charge in [-0.3, -0.25) is 4.79 Å². The molecule has 0 N–H and O–H groups in total. The van der Waals surface area contributed by atoms with Crippen molar-refractivity contribution in [3.8, 4) is 16.9 Å². The van der Waals surface area contributed by atoms with Crippen LogP contribution in [0.2, 0.25) is 5.02 Å². The van der Waals surface area contributed by atoms with Crippen molar-refractivity contribution in [1.29, 1.82) is 0 Å². The Hall–Kier alpha value is -1.80. The summed E-state index contributed by atoms with van der Waals surface area (Å²) in [5.41, 5.74) is 2.42. The van der Waals surface area contributed by atoms with Crippen LogP contribution in [0.3, 0.4) is 0 Å². The Balaban J connectivity index is 2.00. The number of rotatable bonds is 4. The molecule has 0 atom stereocenters. The fourth-order valence-electron chi connectivity index (χ4n) is 2.00. The van der Waals surface area contributed by atoms with Crippen LogP contribution < -0.4 is 4.74 Å². The predicted molar refractivity (Wildman–Crippen MR) is 75.9 cm³/mol. The van der Waals surface area contributed by atoms with Crippen LogP contribution in [0.1, 0.15) is 23.2 Å². The third-order valence-corrected chi connectivity index (χ3v) is 3.35. The second-order valence-corrected chi connectivity index (χ2v) is 5.13. The lowest BCUT2D eigenvalue weighted by atomic mass is 10.0. The molecule has 1 aliphatic rings. The molecule has 0 spiro atoms. The maximum absolute atomic E-state index is 11.1. The van der Waals surface area contributed by atoms with E-state index in [1.54, 1.807) is 12.1 Å². The number of hydrogen-bond acceptors (Lipinski definition) is 2. The maximum atomic E-state index is 11.1. The second kappa shape index (κ2) is 5.06. The highest BCUT2D eigenvalue weighted by molar-refractivity contribution is 6.31. The van der Waals surface area contributed by atoms with Crippen molar-refractivity contribution in [2.24, 2.45) is 0 Å². The average molecular weight is 273 g/mol. The van der Waals surface area contributed by atoms with Crippen molar-refractivity contribution in [1.82, 2.24) is 0 Å². The van der Waals surface area contributed by atoms with E-state index in [-0.39, 0.29) is 0 Å². The van der Waals surface area contributed by atoms with E-state index in [0.29, 0.717) is 16.7 Å². The number of ether oxygens (including phenoxy) is 1. The van der Waals surface area contributed by atoms with Crippen LogP contribution in [0, 0.1) is 0 Å². The van der Waals surface area contributed by atoms with E-state index >= 15 is 0 Å². The molecule has 2 aromatic rings. The lowest BCUT2D eigenvalue weighted by Gasteiger charge is -2.09. The molecule has 0 heterocycles. The van der Waals surface area contributed by atoms with Crippen LogP contribution >= 0.6 is 11.6 Å². The fraction of sp³-hybridized carbons (Fsp3) is 0.188. The van der Waals surface area contributed by atoms with Crippen LogP contribution in [0.25, 0.3) is 11.1 Å². The molecular weight excluding hydrogens is 260 g/mol. The second-order valence-electron chi connectivity index (χ2n) is 4.69. The zero-order valence-electron chi connectivity index (χ0n) is 10.3. The zero-order chi connectivity index (χ0) is 13.2. The molecule has 0 aliphatic heterocycles. The molecule has 96 valence electrons. The monoisotopic (exact) mass is 272 g/mol. The Kier molecular flexibility index (Phi) is 3.26. The summed E-state index contributed by atoms with van der Waals surface area (Å²) in [4.78, 5) is 11.1. The molecule has 2 aromatic carbocycles. The minimum absolute atomic E-state index is 0.361. The third kappa shape index (κ3) is 2.79. The topological polar surface area (TPSA) is 26.3 Å². The van der Waals surface area contributed by atoms with Gasteiger partial charge in [0.05, 0.1) is 6.10 Å². The van der Waals surface area contributed by atoms with Crippen molar-refractivity contribution in [2.75, 3.05) is 0 Å². The number of hydrogen-bond donors (Lipinski definition) is 0. The van der Waals surface area contributed by atoms with Gasteiger partial charge in [0.15, 0.2) is 6.29 Å². The molecule has 0 unspecified atom stereocenters. The highest BCUT2D eigenvalue weighted by Gasteiger charge is 2.23. The molecular formula is C16H13ClO2. The normalized spacial score (nSPS) is 14.2. The Morgan fingerprint density at radius 2 is 2.00 bits per heavy atom. The standard InChI is InChI=1S/C16H13ClO2/c17-13-5-4-12(10-18)16(9-13)11-2-1-3-15(8-11)19-14-6-7-14/h1-5,8-10,14H,6-7H2. The quantitative estimate of drug-likeness (QED) is 0.773. The lowest BCUT2D eigenvalue weighted by Crippen LogP contribution is -1.96. The average Bonchev–Trinajstić information content (AvgIpc) is 3.23. The minimum Gasteiger partial charge on any atom is -0.490 e. The van der Waals surface area contributed by atoms with Gasteiger partial charge in [0.2, 0.25) is 0 Å². The predicted octanol–water partition coefficient (Wildman–Crippen LogP) is 4.36. The van der Waals surface area contributed by atoms with Gasteiger partial charge in [-0.1, -0.05) is 23.7 Å². The number of halogens is 1. The fourth-order valence-corrected chi connectivity index (χ4v) is 2.17. The Labute approximate surface area is 117 Å². The van der Waals surface area contributed by atoms with Gasteiger partial charge < -0.3 is 4.74 Å². The SMILES string of the molecule is O=Cc1ccc(Cl)cc1-c1cccc(OC2CC2)c1. The molecule has 0 amide bonds. The first-order valence-electron chi connectivity index (χ1n) is 6.28. The van der Waals surface area contributed by atoms with Crippen LogP contribution in [0.15, 0.2) is 42.5 Å². The number of carbonyl (C=O) groups excluding carboxylic acids is 1. The molecule has 0 radical (unpaired) electrons. The van der Waals surface area contributed by atoms with Gasteiger partial charge in [-0.2, -0.15) is 0 Å². The third-order valence-electron chi connectivity index (χ3n) is 3.11. The van der Waals surface area contributed by atoms with Gasteiger partial charge in [0, 0.05) is 10.6 Å². The number of benzene rings is 2. The van der Waals surface area contributed by atoms with E-state index in [0.717, 1.165) is 36.0 Å². The molecule has 3 heteroatoms. The van der Waals surface area contributed by atoms with Gasteiger partial charge in [0.25, 0.3) is 0 Å². The molecule has 19 heavy (non-hydrogen) atoms. The van der Waals surface area contributed by atoms with Crippen LogP contribution in [-0.4, -0.2) is 12.4 Å². The molecule has 0 bridgehead atoms. The van der Waals surface area contributed by atoms with Crippen LogP contribution in [-0.2, 0) is 0 Å². The van der Waals surface area contributed by atoms with Gasteiger partial charge in [-0.05, 0) is 54.3 Å². The molecule has 0 saturated heterocycles. The Morgan fingerprint density at radius 3 is 2.74 bits per heavy atom. The van der Waals surface area contributed by atoms with Crippen LogP contribution in [0.4, 0.5) is 0 Å². The summed E-state index contributed by atoms with van der Waals surface area (Å²) in [5.74, 6) is 0.844. The molecule has 1 aliphatic carbocycles. The van der Waals surface area contributed by atoms with E-state index in [9.17, 15) is 4.79 Å². The van der Waals surface area contributed by atoms with Crippen molar-refractivity contribution >= 4 is 17.9 Å². The van der Waals surface area contributed by atoms with Gasteiger partial charge in [-0.25, -0.2) is 0 Å². The highest BCUT2D eigenvalue weighted by Crippen LogP contribution is 2.31. The molecule has 1 saturated carbocycles. The summed E-state index contributed by atoms with van der Waals surface area (Å²) in [6.07, 6.45) is 3.46. The summed E-state index contributed by atoms with van der Waals surface area (Å²) < 4.78 is 5.77. The number of carbonyl (C=O) groups is 1. The van der Waals surface area contributed by atoms with E-state index in [4.69, 9.17) is 16.3 Å². The van der Waals surface area contributed by atoms with Crippen LogP contribution in [0.5, 0.6) is 5.75 Å². The van der Waals surface area contributed by atoms with E-state index < -0.39 is 0 Å². The minimum atomic E-state index is 0.361. The summed E-state index contributed by atoms with van der Waals surface area (Å²) in [6, 6.07) is 13.0. The van der Waals surface area contributed by atoms with Crippen molar-refractivity contribution in [3.63, 3.8) is 0 Å². The maximum Gasteiger partial charge on any atom is 0.150 e. The molecule has 3 rings (SSSR count). The Morgan fingerprint density at radius 1 is 1.16 bits per heavy atom. The Bertz CT molecular complexity index is 618. The first kappa shape index (κ1) is 12.2. The van der Waals surface area contributed by atoms with Gasteiger partial charge >= 0.3 is 0 Å². The first-order chi connectivity index (χ1) is 9.26. The highest BCUT2D eigenvalue weighted by atomic mass is 35.5. The summed E-state index contributed by atoms with van der Waals surface area (Å²) >= 11 is 6.01. The lowest BCUT2D eigenvalue weighted by molar-refractivity contribution is 0.112. The van der Waals surface area contributed by atoms with Crippen molar-refractivity contribution in [3.05, 3.63) is 53.1 Å². The smallest absolute Gasteiger partial charge is 0.150 e. The first-order valence-corrected chi connectivity index (χ1v) is 6.66. The molecule has 0 aromatic heterocycles. The molecule has 2 nitrogen and oxygen atoms in total. The zero-order valence-corrected chi connectivity index (χ0v) is 11.1. The van der Waals surface area contributed by atoms with Crippen molar-refractivity contribution in [2.45, 2.75) is 18.9 Å². The summed E-state index contributed by atoms with van der Waals surface area (Å²) in [6.45, 7) is 0. The van der Waals surface area contributed by atoms with E-state index in [1.165, 1.54) is 0 Å². The van der Waals surface area contributed by atoms with E-state index in [1.807, 2.05) is 30.3 Å². The van der Waals surface area contributed by atoms with Gasteiger partial charge in [0.1, 0.15) is 5.75 Å². The molecule has 1 fully saturated rings. The largest absolute Gasteiger partial charge is 0.490 e. The van der Waals surface area contributed by atoms with E-state index in [2.05, 4.69) is 0 Å². The summed E-state index contributed by atoms with van der Waals surface area (Å²) in [5, 5.41) is 0.620. The summed E-state index contributed by atoms with van der Waals surface area (Å²) in [7, 11) is 0. The van der Waals surface area contributed by atoms with Crippen molar-refractivity contribution < 1.29 is 9.53 Å². The van der Waals surface area contributed by atoms with Gasteiger partial charge in [-0.15, -0.1) is 0 Å².